The lowest BCUT2D eigenvalue weighted by atomic mass is 9.98. The Balaban J connectivity index is 1.63. The van der Waals surface area contributed by atoms with Gasteiger partial charge in [-0.3, -0.25) is 4.79 Å². The molecular formula is C18H19N3OS. The Kier molecular flexibility index (Phi) is 3.65. The van der Waals surface area contributed by atoms with Crippen molar-refractivity contribution in [3.8, 4) is 0 Å². The number of carbonyl (C=O) groups is 1. The number of rotatable bonds is 2. The van der Waals surface area contributed by atoms with Crippen LogP contribution in [0.15, 0.2) is 42.0 Å². The highest BCUT2D eigenvalue weighted by Gasteiger charge is 2.28. The van der Waals surface area contributed by atoms with E-state index in [0.717, 1.165) is 47.4 Å². The van der Waals surface area contributed by atoms with Crippen LogP contribution in [0.1, 0.15) is 34.1 Å². The number of thiazole rings is 1. The van der Waals surface area contributed by atoms with Crippen molar-refractivity contribution in [1.82, 2.24) is 14.5 Å². The van der Waals surface area contributed by atoms with Crippen LogP contribution in [0.3, 0.4) is 0 Å². The van der Waals surface area contributed by atoms with Crippen LogP contribution in [0.2, 0.25) is 0 Å². The number of hydrogen-bond acceptors (Lipinski definition) is 3. The van der Waals surface area contributed by atoms with Crippen LogP contribution in [0.5, 0.6) is 0 Å². The highest BCUT2D eigenvalue weighted by atomic mass is 32.1. The van der Waals surface area contributed by atoms with E-state index in [2.05, 4.69) is 11.1 Å². The predicted octanol–water partition coefficient (Wildman–Crippen LogP) is 3.65. The Morgan fingerprint density at radius 1 is 1.35 bits per heavy atom. The molecule has 1 amide bonds. The Bertz CT molecular complexity index is 837. The summed E-state index contributed by atoms with van der Waals surface area (Å²) in [6, 6.07) is 8.09. The number of fused-ring (bicyclic) bond motifs is 1. The first kappa shape index (κ1) is 14.5. The molecule has 0 bridgehead atoms. The topological polar surface area (TPSA) is 38.1 Å². The average molecular weight is 325 g/mol. The predicted molar refractivity (Wildman–Crippen MR) is 92.9 cm³/mol. The average Bonchev–Trinajstić information content (AvgIpc) is 3.23. The van der Waals surface area contributed by atoms with Gasteiger partial charge in [-0.1, -0.05) is 18.2 Å². The lowest BCUT2D eigenvalue weighted by molar-refractivity contribution is 0.0709. The third-order valence-electron chi connectivity index (χ3n) is 4.64. The highest BCUT2D eigenvalue weighted by molar-refractivity contribution is 7.09. The molecule has 1 aromatic carbocycles. The lowest BCUT2D eigenvalue weighted by Gasteiger charge is -2.31. The Morgan fingerprint density at radius 3 is 3.04 bits per heavy atom. The number of benzene rings is 1. The molecule has 1 aliphatic heterocycles. The van der Waals surface area contributed by atoms with E-state index in [9.17, 15) is 4.79 Å². The van der Waals surface area contributed by atoms with Gasteiger partial charge in [0.05, 0.1) is 10.6 Å². The van der Waals surface area contributed by atoms with Gasteiger partial charge in [0, 0.05) is 54.7 Å². The second kappa shape index (κ2) is 5.81. The van der Waals surface area contributed by atoms with Gasteiger partial charge in [-0.25, -0.2) is 4.98 Å². The molecule has 3 heterocycles. The summed E-state index contributed by atoms with van der Waals surface area (Å²) in [6.07, 6.45) is 5.97. The molecule has 0 saturated carbocycles. The van der Waals surface area contributed by atoms with Gasteiger partial charge in [-0.15, -0.1) is 11.3 Å². The van der Waals surface area contributed by atoms with Gasteiger partial charge >= 0.3 is 0 Å². The number of amides is 1. The first-order valence-corrected chi connectivity index (χ1v) is 8.85. The fourth-order valence-corrected chi connectivity index (χ4v) is 4.25. The molecule has 1 saturated heterocycles. The molecule has 0 unspecified atom stereocenters. The quantitative estimate of drug-likeness (QED) is 0.721. The number of para-hydroxylation sites is 1. The van der Waals surface area contributed by atoms with Crippen LogP contribution in [0.4, 0.5) is 0 Å². The van der Waals surface area contributed by atoms with E-state index in [0.29, 0.717) is 5.92 Å². The maximum absolute atomic E-state index is 13.0. The molecule has 0 N–H and O–H groups in total. The summed E-state index contributed by atoms with van der Waals surface area (Å²) in [7, 11) is 1.99. The smallest absolute Gasteiger partial charge is 0.256 e. The van der Waals surface area contributed by atoms with Gasteiger partial charge in [-0.2, -0.15) is 0 Å². The molecule has 5 heteroatoms. The fourth-order valence-electron chi connectivity index (χ4n) is 3.48. The molecule has 3 aromatic rings. The number of carbonyl (C=O) groups excluding carboxylic acids is 1. The van der Waals surface area contributed by atoms with Crippen molar-refractivity contribution in [2.24, 2.45) is 7.05 Å². The highest BCUT2D eigenvalue weighted by Crippen LogP contribution is 2.30. The van der Waals surface area contributed by atoms with Gasteiger partial charge in [0.2, 0.25) is 0 Å². The molecule has 0 spiro atoms. The molecule has 4 rings (SSSR count). The lowest BCUT2D eigenvalue weighted by Crippen LogP contribution is -2.39. The first-order chi connectivity index (χ1) is 11.2. The van der Waals surface area contributed by atoms with Gasteiger partial charge < -0.3 is 9.47 Å². The van der Waals surface area contributed by atoms with Gasteiger partial charge in [0.25, 0.3) is 5.91 Å². The van der Waals surface area contributed by atoms with E-state index in [1.807, 2.05) is 52.5 Å². The number of likely N-dealkylation sites (tertiary alicyclic amines) is 1. The fraction of sp³-hybridized carbons (Fsp3) is 0.333. The molecule has 1 atom stereocenters. The van der Waals surface area contributed by atoms with E-state index in [1.54, 1.807) is 11.3 Å². The third kappa shape index (κ3) is 2.55. The monoisotopic (exact) mass is 325 g/mol. The van der Waals surface area contributed by atoms with Crippen molar-refractivity contribution in [3.05, 3.63) is 52.6 Å². The van der Waals surface area contributed by atoms with Crippen LogP contribution < -0.4 is 0 Å². The number of aromatic nitrogens is 2. The van der Waals surface area contributed by atoms with Crippen molar-refractivity contribution >= 4 is 28.1 Å². The van der Waals surface area contributed by atoms with Crippen molar-refractivity contribution in [1.29, 1.82) is 0 Å². The number of piperidine rings is 1. The van der Waals surface area contributed by atoms with Crippen molar-refractivity contribution in [3.63, 3.8) is 0 Å². The minimum atomic E-state index is 0.142. The van der Waals surface area contributed by atoms with Crippen LogP contribution in [0, 0.1) is 0 Å². The standard InChI is InChI=1S/C18H19N3OS/c1-20-12-15(14-6-2-3-7-16(14)20)18(22)21-9-4-5-13(11-21)17-19-8-10-23-17/h2-3,6-8,10,12-13H,4-5,9,11H2,1H3/t13-/m1/s1. The molecule has 2 aromatic heterocycles. The largest absolute Gasteiger partial charge is 0.350 e. The van der Waals surface area contributed by atoms with Crippen molar-refractivity contribution in [2.45, 2.75) is 18.8 Å². The summed E-state index contributed by atoms with van der Waals surface area (Å²) in [5, 5.41) is 4.21. The molecule has 4 nitrogen and oxygen atoms in total. The molecular weight excluding hydrogens is 306 g/mol. The Hall–Kier alpha value is -2.14. The van der Waals surface area contributed by atoms with E-state index in [4.69, 9.17) is 0 Å². The summed E-state index contributed by atoms with van der Waals surface area (Å²) >= 11 is 1.69. The molecule has 118 valence electrons. The zero-order valence-corrected chi connectivity index (χ0v) is 13.9. The molecule has 1 aliphatic rings. The zero-order chi connectivity index (χ0) is 15.8. The summed E-state index contributed by atoms with van der Waals surface area (Å²) in [6.45, 7) is 1.61. The minimum absolute atomic E-state index is 0.142. The van der Waals surface area contributed by atoms with Crippen LogP contribution in [0.25, 0.3) is 10.9 Å². The number of aryl methyl sites for hydroxylation is 1. The van der Waals surface area contributed by atoms with Crippen LogP contribution in [-0.4, -0.2) is 33.4 Å². The first-order valence-electron chi connectivity index (χ1n) is 7.97. The molecule has 0 aliphatic carbocycles. The number of nitrogens with zero attached hydrogens (tertiary/aromatic N) is 3. The Labute approximate surface area is 139 Å². The summed E-state index contributed by atoms with van der Waals surface area (Å²) in [4.78, 5) is 19.5. The second-order valence-electron chi connectivity index (χ2n) is 6.13. The zero-order valence-electron chi connectivity index (χ0n) is 13.1. The van der Waals surface area contributed by atoms with Crippen LogP contribution in [-0.2, 0) is 7.05 Å². The van der Waals surface area contributed by atoms with Gasteiger partial charge in [0.15, 0.2) is 0 Å². The van der Waals surface area contributed by atoms with E-state index >= 15 is 0 Å². The van der Waals surface area contributed by atoms with E-state index in [-0.39, 0.29) is 5.91 Å². The SMILES string of the molecule is Cn1cc(C(=O)N2CCC[C@@H](c3nccs3)C2)c2ccccc21. The third-order valence-corrected chi connectivity index (χ3v) is 5.57. The molecule has 23 heavy (non-hydrogen) atoms. The molecule has 1 fully saturated rings. The maximum atomic E-state index is 13.0. The summed E-state index contributed by atoms with van der Waals surface area (Å²) < 4.78 is 2.03. The maximum Gasteiger partial charge on any atom is 0.256 e. The molecule has 0 radical (unpaired) electrons. The summed E-state index contributed by atoms with van der Waals surface area (Å²) in [5.74, 6) is 0.519. The van der Waals surface area contributed by atoms with Gasteiger partial charge in [0.1, 0.15) is 0 Å². The van der Waals surface area contributed by atoms with Crippen molar-refractivity contribution in [2.75, 3.05) is 13.1 Å². The number of hydrogen-bond donors (Lipinski definition) is 0. The summed E-state index contributed by atoms with van der Waals surface area (Å²) in [5.41, 5.74) is 1.91. The normalized spacial score (nSPS) is 18.5. The second-order valence-corrected chi connectivity index (χ2v) is 7.06. The van der Waals surface area contributed by atoms with Crippen LogP contribution >= 0.6 is 11.3 Å². The van der Waals surface area contributed by atoms with E-state index in [1.165, 1.54) is 0 Å². The van der Waals surface area contributed by atoms with E-state index < -0.39 is 0 Å². The minimum Gasteiger partial charge on any atom is -0.350 e. The Morgan fingerprint density at radius 2 is 2.22 bits per heavy atom. The van der Waals surface area contributed by atoms with Crippen molar-refractivity contribution < 1.29 is 4.79 Å². The van der Waals surface area contributed by atoms with Gasteiger partial charge in [-0.05, 0) is 18.9 Å².